The highest BCUT2D eigenvalue weighted by Gasteiger charge is 2.65. The Morgan fingerprint density at radius 2 is 0.817 bits per heavy atom. The summed E-state index contributed by atoms with van der Waals surface area (Å²) in [7, 11) is 0. The molecule has 18 nitrogen and oxygen atoms in total. The van der Waals surface area contributed by atoms with Crippen molar-refractivity contribution in [2.24, 2.45) is 75.4 Å². The molecular formula is C64H120O18. The van der Waals surface area contributed by atoms with E-state index in [-0.39, 0.29) is 196 Å². The summed E-state index contributed by atoms with van der Waals surface area (Å²) in [6, 6.07) is 0. The van der Waals surface area contributed by atoms with Gasteiger partial charge in [-0.3, -0.25) is 33.6 Å². The van der Waals surface area contributed by atoms with Gasteiger partial charge < -0.3 is 42.6 Å². The van der Waals surface area contributed by atoms with Gasteiger partial charge in [0, 0.05) is 41.9 Å². The molecule has 0 radical (unpaired) electrons. The maximum absolute atomic E-state index is 12.1. The first-order chi connectivity index (χ1) is 33.4. The molecule has 6 aliphatic carbocycles. The number of fused-ring (bicyclic) bond motifs is 3. The standard InChI is InChI=1S/C16H22O6.C14H20O4.C13H18O4.C10H16O4.11CH4/c1-4-16(2,3)15(19)20-7-11(17)21-12-8-5-9-10(6-8)14(18)22-13(9)12;1-4-14(2,3)13(16)18-10-7-5-8-9(6-7)12(15)17-11(8)10;1-3-6(2)12(14)16-10-7-4-8-9(5-7)13(15)17-11(8)10;1-4-10(2,3)9(12)14-7-5-6-13-8(7)11;;;;;;;;;;;/h8-10,12-13H,4-7H2,1-3H3;7-11H,4-6H2,1-3H3;6-11H,3-5H2,1-2H3;7H,4-6H2,1-3H3;11*1H4. The number of ether oxygens (including phenoxy) is 9. The van der Waals surface area contributed by atoms with Gasteiger partial charge in [0.1, 0.15) is 36.6 Å². The van der Waals surface area contributed by atoms with E-state index in [1.54, 1.807) is 27.7 Å². The van der Waals surface area contributed by atoms with Gasteiger partial charge in [-0.25, -0.2) is 9.59 Å². The second-order valence-corrected chi connectivity index (χ2v) is 23.4. The Morgan fingerprint density at radius 1 is 0.476 bits per heavy atom. The van der Waals surface area contributed by atoms with Crippen LogP contribution in [0.2, 0.25) is 0 Å². The van der Waals surface area contributed by atoms with Crippen molar-refractivity contribution in [3.8, 4) is 0 Å². The van der Waals surface area contributed by atoms with Crippen LogP contribution in [0.4, 0.5) is 0 Å². The van der Waals surface area contributed by atoms with Crippen molar-refractivity contribution in [1.29, 1.82) is 0 Å². The number of rotatable bonds is 14. The molecule has 6 bridgehead atoms. The lowest BCUT2D eigenvalue weighted by Gasteiger charge is -2.29. The second-order valence-electron chi connectivity index (χ2n) is 23.4. The van der Waals surface area contributed by atoms with E-state index >= 15 is 0 Å². The quantitative estimate of drug-likeness (QED) is 0.116. The third-order valence-electron chi connectivity index (χ3n) is 17.8. The van der Waals surface area contributed by atoms with Crippen molar-refractivity contribution >= 4 is 53.7 Å². The average molecular weight is 1180 g/mol. The van der Waals surface area contributed by atoms with Crippen molar-refractivity contribution < 1.29 is 85.8 Å². The normalized spacial score (nSPS) is 31.3. The second kappa shape index (κ2) is 33.6. The van der Waals surface area contributed by atoms with E-state index in [2.05, 4.69) is 0 Å². The highest BCUT2D eigenvalue weighted by Crippen LogP contribution is 2.57. The van der Waals surface area contributed by atoms with Crippen LogP contribution in [0.15, 0.2) is 0 Å². The summed E-state index contributed by atoms with van der Waals surface area (Å²) in [6.45, 7) is 20.5. The van der Waals surface area contributed by atoms with Gasteiger partial charge in [0.15, 0.2) is 6.61 Å². The molecule has 17 atom stereocenters. The highest BCUT2D eigenvalue weighted by molar-refractivity contribution is 5.83. The molecule has 484 valence electrons. The van der Waals surface area contributed by atoms with Crippen molar-refractivity contribution in [3.63, 3.8) is 0 Å². The predicted molar refractivity (Wildman–Crippen MR) is 321 cm³/mol. The van der Waals surface area contributed by atoms with E-state index in [4.69, 9.17) is 42.6 Å². The number of hydrogen-bond acceptors (Lipinski definition) is 18. The van der Waals surface area contributed by atoms with Gasteiger partial charge >= 0.3 is 53.7 Å². The van der Waals surface area contributed by atoms with Crippen LogP contribution in [0.1, 0.15) is 228 Å². The summed E-state index contributed by atoms with van der Waals surface area (Å²) >= 11 is 0. The Morgan fingerprint density at radius 3 is 1.16 bits per heavy atom. The fourth-order valence-electron chi connectivity index (χ4n) is 11.7. The summed E-state index contributed by atoms with van der Waals surface area (Å²) in [5.41, 5.74) is -1.59. The zero-order valence-electron chi connectivity index (χ0n) is 43.4. The van der Waals surface area contributed by atoms with Crippen LogP contribution in [0, 0.1) is 75.4 Å². The minimum atomic E-state index is -0.687. The molecule has 0 aromatic carbocycles. The van der Waals surface area contributed by atoms with Gasteiger partial charge in [0.25, 0.3) is 0 Å². The fourth-order valence-corrected chi connectivity index (χ4v) is 11.7. The predicted octanol–water partition coefficient (Wildman–Crippen LogP) is 13.2. The lowest BCUT2D eigenvalue weighted by atomic mass is 9.87. The maximum Gasteiger partial charge on any atom is 0.347 e. The summed E-state index contributed by atoms with van der Waals surface area (Å²) in [4.78, 5) is 105. The molecule has 0 aromatic heterocycles. The van der Waals surface area contributed by atoms with Gasteiger partial charge in [-0.05, 0) is 106 Å². The van der Waals surface area contributed by atoms with Crippen molar-refractivity contribution in [2.45, 2.75) is 271 Å². The summed E-state index contributed by atoms with van der Waals surface area (Å²) in [5, 5.41) is 0. The van der Waals surface area contributed by atoms with E-state index in [1.165, 1.54) is 0 Å². The molecule has 4 aliphatic heterocycles. The third-order valence-corrected chi connectivity index (χ3v) is 17.8. The van der Waals surface area contributed by atoms with Crippen molar-refractivity contribution in [1.82, 2.24) is 0 Å². The Kier molecular flexibility index (Phi) is 35.3. The first-order valence-corrected chi connectivity index (χ1v) is 26.1. The van der Waals surface area contributed by atoms with Crippen LogP contribution in [0.5, 0.6) is 0 Å². The van der Waals surface area contributed by atoms with Gasteiger partial charge in [0.05, 0.1) is 46.5 Å². The number of esters is 9. The molecule has 82 heavy (non-hydrogen) atoms. The SMILES string of the molecule is C.C.C.C.C.C.C.C.C.C.C.CCC(C)(C)C(=O)OC1C2CC3C(=O)OC1C3C2.CCC(C)(C)C(=O)OC1CCOC1=O.CCC(C)(C)C(=O)OCC(=O)OC1C2CC3C(=O)OC1C3C2.CCC(C)C(=O)OC1C2CC3C(=O)OC1C3C2. The zero-order valence-corrected chi connectivity index (χ0v) is 43.4. The first kappa shape index (κ1) is 86.0. The number of cyclic esters (lactones) is 1. The Bertz CT molecular complexity index is 2100. The van der Waals surface area contributed by atoms with E-state index in [9.17, 15) is 43.2 Å². The topological polar surface area (TPSA) is 237 Å². The van der Waals surface area contributed by atoms with E-state index in [1.807, 2.05) is 48.5 Å². The van der Waals surface area contributed by atoms with Gasteiger partial charge in [-0.15, -0.1) is 0 Å². The van der Waals surface area contributed by atoms with E-state index in [0.717, 1.165) is 51.4 Å². The van der Waals surface area contributed by atoms with Crippen LogP contribution < -0.4 is 0 Å². The van der Waals surface area contributed by atoms with Gasteiger partial charge in [-0.2, -0.15) is 0 Å². The minimum absolute atomic E-state index is 0. The Labute approximate surface area is 497 Å². The van der Waals surface area contributed by atoms with Crippen LogP contribution in [-0.4, -0.2) is 110 Å². The first-order valence-electron chi connectivity index (χ1n) is 26.1. The maximum atomic E-state index is 12.1. The molecule has 0 N–H and O–H groups in total. The van der Waals surface area contributed by atoms with Gasteiger partial charge in [0.2, 0.25) is 6.10 Å². The summed E-state index contributed by atoms with van der Waals surface area (Å²) in [5.74, 6) is -0.625. The summed E-state index contributed by atoms with van der Waals surface area (Å²) in [6.07, 6.45) is 6.53. The van der Waals surface area contributed by atoms with Crippen molar-refractivity contribution in [3.05, 3.63) is 0 Å². The largest absolute Gasteiger partial charge is 0.463 e. The molecule has 0 aromatic rings. The fraction of sp³-hybridized carbons (Fsp3) is 0.859. The molecule has 10 rings (SSSR count). The number of hydrogen-bond donors (Lipinski definition) is 0. The number of carbonyl (C=O) groups is 9. The molecule has 18 heteroatoms. The molecule has 6 saturated carbocycles. The lowest BCUT2D eigenvalue weighted by Crippen LogP contribution is -2.39. The molecule has 0 spiro atoms. The van der Waals surface area contributed by atoms with Crippen LogP contribution >= 0.6 is 0 Å². The van der Waals surface area contributed by atoms with Crippen LogP contribution in [-0.2, 0) is 85.8 Å². The minimum Gasteiger partial charge on any atom is -0.463 e. The Hall–Kier alpha value is -4.77. The highest BCUT2D eigenvalue weighted by atomic mass is 16.6. The molecule has 0 amide bonds. The van der Waals surface area contributed by atoms with Crippen LogP contribution in [0.25, 0.3) is 0 Å². The molecule has 10 fully saturated rings. The third kappa shape index (κ3) is 17.2. The van der Waals surface area contributed by atoms with Crippen molar-refractivity contribution in [2.75, 3.05) is 13.2 Å². The summed E-state index contributed by atoms with van der Waals surface area (Å²) < 4.78 is 47.5. The molecule has 4 saturated heterocycles. The molecule has 4 heterocycles. The molecular weight excluding hydrogens is 1060 g/mol. The van der Waals surface area contributed by atoms with E-state index in [0.29, 0.717) is 49.5 Å². The lowest BCUT2D eigenvalue weighted by molar-refractivity contribution is -0.172. The molecule has 10 aliphatic rings. The van der Waals surface area contributed by atoms with E-state index < -0.39 is 40.3 Å². The Balaban J connectivity index is -0.000000311. The average Bonchev–Trinajstić information content (AvgIpc) is 4.23. The van der Waals surface area contributed by atoms with Gasteiger partial charge in [-0.1, -0.05) is 116 Å². The number of carbonyl (C=O) groups excluding carboxylic acids is 9. The monoisotopic (exact) mass is 1180 g/mol. The molecule has 17 unspecified atom stereocenters. The smallest absolute Gasteiger partial charge is 0.347 e. The van der Waals surface area contributed by atoms with Crippen LogP contribution in [0.3, 0.4) is 0 Å². The zero-order chi connectivity index (χ0) is 52.1.